The molecule has 2 bridgehead atoms. The highest BCUT2D eigenvalue weighted by Gasteiger charge is 2.55. The average Bonchev–Trinajstić information content (AvgIpc) is 3.26. The molecule has 1 aromatic carbocycles. The lowest BCUT2D eigenvalue weighted by Gasteiger charge is -2.51. The number of benzene rings is 1. The van der Waals surface area contributed by atoms with Gasteiger partial charge in [0.2, 0.25) is 0 Å². The Balaban J connectivity index is 1.56. The molecule has 3 atom stereocenters. The normalized spacial score (nSPS) is 32.0. The molecule has 4 fully saturated rings. The van der Waals surface area contributed by atoms with E-state index in [1.807, 2.05) is 4.90 Å². The molecule has 142 valence electrons. The molecule has 1 amide bonds. The Morgan fingerprint density at radius 2 is 1.85 bits per heavy atom. The van der Waals surface area contributed by atoms with E-state index in [4.69, 9.17) is 4.52 Å². The number of likely N-dealkylation sites (tertiary alicyclic amines) is 1. The van der Waals surface area contributed by atoms with Crippen LogP contribution in [0.15, 0.2) is 28.9 Å². The maximum Gasteiger partial charge on any atom is 0.259 e. The Kier molecular flexibility index (Phi) is 3.82. The van der Waals surface area contributed by atoms with Gasteiger partial charge in [-0.2, -0.15) is 0 Å². The van der Waals surface area contributed by atoms with Crippen molar-refractivity contribution in [3.05, 3.63) is 52.9 Å². The fraction of sp³-hybridized carbons (Fsp3) is 0.500. The van der Waals surface area contributed by atoms with Gasteiger partial charge in [-0.25, -0.2) is 8.78 Å². The van der Waals surface area contributed by atoms with E-state index < -0.39 is 11.6 Å². The van der Waals surface area contributed by atoms with Crippen LogP contribution in [0.2, 0.25) is 0 Å². The van der Waals surface area contributed by atoms with Gasteiger partial charge in [0.25, 0.3) is 5.91 Å². The second kappa shape index (κ2) is 6.12. The monoisotopic (exact) mass is 373 g/mol. The summed E-state index contributed by atoms with van der Waals surface area (Å²) in [5, 5.41) is 3.73. The van der Waals surface area contributed by atoms with E-state index in [1.165, 1.54) is 18.3 Å². The van der Waals surface area contributed by atoms with Gasteiger partial charge in [0.15, 0.2) is 0 Å². The van der Waals surface area contributed by atoms with Crippen molar-refractivity contribution < 1.29 is 18.1 Å². The molecule has 27 heavy (non-hydrogen) atoms. The molecule has 0 N–H and O–H groups in total. The van der Waals surface area contributed by atoms with E-state index in [2.05, 4.69) is 10.1 Å². The molecule has 4 aliphatic heterocycles. The van der Waals surface area contributed by atoms with E-state index in [0.29, 0.717) is 29.3 Å². The number of nitrogens with zero attached hydrogens (tertiary/aromatic N) is 3. The lowest BCUT2D eigenvalue weighted by atomic mass is 9.75. The zero-order valence-corrected chi connectivity index (χ0v) is 15.1. The average molecular weight is 373 g/mol. The molecule has 0 radical (unpaired) electrons. The molecule has 0 aliphatic carbocycles. The van der Waals surface area contributed by atoms with Crippen LogP contribution in [0.1, 0.15) is 40.4 Å². The Morgan fingerprint density at radius 1 is 1.15 bits per heavy atom. The molecule has 0 spiro atoms. The number of aromatic nitrogens is 1. The van der Waals surface area contributed by atoms with E-state index >= 15 is 0 Å². The summed E-state index contributed by atoms with van der Waals surface area (Å²) < 4.78 is 32.8. The molecular weight excluding hydrogens is 352 g/mol. The largest absolute Gasteiger partial charge is 0.361 e. The maximum absolute atomic E-state index is 13.9. The van der Waals surface area contributed by atoms with Crippen molar-refractivity contribution >= 4 is 5.91 Å². The van der Waals surface area contributed by atoms with E-state index in [-0.39, 0.29) is 23.9 Å². The molecule has 6 rings (SSSR count). The first kappa shape index (κ1) is 16.9. The Morgan fingerprint density at radius 3 is 2.48 bits per heavy atom. The van der Waals surface area contributed by atoms with Crippen molar-refractivity contribution in [3.8, 4) is 0 Å². The summed E-state index contributed by atoms with van der Waals surface area (Å²) in [5.74, 6) is -0.427. The zero-order chi connectivity index (χ0) is 18.7. The van der Waals surface area contributed by atoms with Crippen molar-refractivity contribution in [3.63, 3.8) is 0 Å². The molecule has 4 saturated heterocycles. The van der Waals surface area contributed by atoms with Crippen molar-refractivity contribution in [2.75, 3.05) is 19.6 Å². The predicted octanol–water partition coefficient (Wildman–Crippen LogP) is 2.96. The summed E-state index contributed by atoms with van der Waals surface area (Å²) in [7, 11) is 0. The lowest BCUT2D eigenvalue weighted by molar-refractivity contribution is -0.00348. The van der Waals surface area contributed by atoms with Crippen LogP contribution in [0.25, 0.3) is 0 Å². The van der Waals surface area contributed by atoms with Gasteiger partial charge in [0.1, 0.15) is 23.0 Å². The Hall–Kier alpha value is -2.28. The number of piperidine rings is 3. The first-order valence-electron chi connectivity index (χ1n) is 9.45. The van der Waals surface area contributed by atoms with Gasteiger partial charge in [-0.1, -0.05) is 5.16 Å². The zero-order valence-electron chi connectivity index (χ0n) is 15.1. The van der Waals surface area contributed by atoms with Gasteiger partial charge < -0.3 is 9.42 Å². The molecule has 0 saturated carbocycles. The second-order valence-corrected chi connectivity index (χ2v) is 7.92. The predicted molar refractivity (Wildman–Crippen MR) is 93.2 cm³/mol. The molecule has 7 heteroatoms. The fourth-order valence-electron chi connectivity index (χ4n) is 5.40. The van der Waals surface area contributed by atoms with Crippen molar-refractivity contribution in [2.45, 2.75) is 37.8 Å². The summed E-state index contributed by atoms with van der Waals surface area (Å²) in [5.41, 5.74) is 1.10. The Bertz CT molecular complexity index is 871. The second-order valence-electron chi connectivity index (χ2n) is 7.92. The number of halogens is 2. The van der Waals surface area contributed by atoms with Gasteiger partial charge >= 0.3 is 0 Å². The molecule has 1 aromatic heterocycles. The van der Waals surface area contributed by atoms with Crippen molar-refractivity contribution in [1.82, 2.24) is 15.0 Å². The van der Waals surface area contributed by atoms with Gasteiger partial charge in [-0.05, 0) is 56.5 Å². The van der Waals surface area contributed by atoms with Crippen LogP contribution in [-0.2, 0) is 0 Å². The van der Waals surface area contributed by atoms with Gasteiger partial charge in [0.05, 0.1) is 12.2 Å². The molecular formula is C20H21F2N3O2. The van der Waals surface area contributed by atoms with E-state index in [9.17, 15) is 13.6 Å². The molecule has 2 aromatic rings. The molecule has 5 nitrogen and oxygen atoms in total. The van der Waals surface area contributed by atoms with Gasteiger partial charge in [-0.3, -0.25) is 9.69 Å². The smallest absolute Gasteiger partial charge is 0.259 e. The number of amides is 1. The number of carbonyl (C=O) groups excluding carboxylic acids is 1. The Labute approximate surface area is 155 Å². The highest BCUT2D eigenvalue weighted by molar-refractivity contribution is 5.95. The minimum Gasteiger partial charge on any atom is -0.361 e. The first-order chi connectivity index (χ1) is 13.0. The SMILES string of the molecule is Cc1oncc1C(=O)N1C[C@H](c2cc(F)cc(F)c2)[C@H]2[C@@H]1C1CCN2CC1. The first-order valence-corrected chi connectivity index (χ1v) is 9.45. The standard InChI is InChI=1S/C20H21F2N3O2/c1-11-16(9-23-27-11)20(26)25-10-17(13-6-14(21)8-15(22)7-13)19-18(25)12-2-4-24(19)5-3-12/h6-9,12,17-19H,2-5,10H2,1H3/t17-,18+,19+/m1/s1. The van der Waals surface area contributed by atoms with E-state index in [0.717, 1.165) is 32.0 Å². The number of aryl methyl sites for hydroxylation is 1. The third-order valence-corrected chi connectivity index (χ3v) is 6.55. The van der Waals surface area contributed by atoms with E-state index in [1.54, 1.807) is 6.92 Å². The number of fused-ring (bicyclic) bond motifs is 2. The highest BCUT2D eigenvalue weighted by Crippen LogP contribution is 2.47. The summed E-state index contributed by atoms with van der Waals surface area (Å²) in [6.07, 6.45) is 3.57. The van der Waals surface area contributed by atoms with Crippen LogP contribution in [0.4, 0.5) is 8.78 Å². The van der Waals surface area contributed by atoms with Crippen LogP contribution in [0.5, 0.6) is 0 Å². The quantitative estimate of drug-likeness (QED) is 0.812. The van der Waals surface area contributed by atoms with Crippen LogP contribution < -0.4 is 0 Å². The maximum atomic E-state index is 13.9. The topological polar surface area (TPSA) is 49.6 Å². The number of hydrogen-bond donors (Lipinski definition) is 0. The van der Waals surface area contributed by atoms with Crippen LogP contribution in [0, 0.1) is 24.5 Å². The highest BCUT2D eigenvalue weighted by atomic mass is 19.1. The van der Waals surface area contributed by atoms with Gasteiger partial charge in [0, 0.05) is 24.6 Å². The lowest BCUT2D eigenvalue weighted by Crippen LogP contribution is -2.60. The molecule has 4 aliphatic rings. The van der Waals surface area contributed by atoms with Crippen LogP contribution in [0.3, 0.4) is 0 Å². The molecule has 5 heterocycles. The summed E-state index contributed by atoms with van der Waals surface area (Å²) in [4.78, 5) is 17.5. The van der Waals surface area contributed by atoms with Crippen molar-refractivity contribution in [1.29, 1.82) is 0 Å². The summed E-state index contributed by atoms with van der Waals surface area (Å²) >= 11 is 0. The summed E-state index contributed by atoms with van der Waals surface area (Å²) in [6, 6.07) is 3.88. The van der Waals surface area contributed by atoms with Gasteiger partial charge in [-0.15, -0.1) is 0 Å². The van der Waals surface area contributed by atoms with Crippen molar-refractivity contribution in [2.24, 2.45) is 5.92 Å². The van der Waals surface area contributed by atoms with Crippen LogP contribution in [-0.4, -0.2) is 52.6 Å². The number of carbonyl (C=O) groups is 1. The minimum absolute atomic E-state index is 0.0608. The molecule has 0 unspecified atom stereocenters. The summed E-state index contributed by atoms with van der Waals surface area (Å²) in [6.45, 7) is 4.14. The number of rotatable bonds is 2. The fourth-order valence-corrected chi connectivity index (χ4v) is 5.40. The van der Waals surface area contributed by atoms with Crippen LogP contribution >= 0.6 is 0 Å². The minimum atomic E-state index is -0.572. The number of hydrogen-bond acceptors (Lipinski definition) is 4. The third-order valence-electron chi connectivity index (χ3n) is 6.55. The third kappa shape index (κ3) is 2.59.